The summed E-state index contributed by atoms with van der Waals surface area (Å²) < 4.78 is 24.7. The highest BCUT2D eigenvalue weighted by Gasteiger charge is 2.37. The Hall–Kier alpha value is -1.16. The van der Waals surface area contributed by atoms with Gasteiger partial charge in [0.15, 0.2) is 15.6 Å². The standard InChI is InChI=1S/C13H16O3S/c1-9-6-7-12(10(2)8-9)17(15,16)13-5-3-4-11(13)14/h6-8,13H,3-5H2,1-2H3. The minimum absolute atomic E-state index is 0.134. The molecule has 1 aromatic carbocycles. The molecule has 1 saturated carbocycles. The van der Waals surface area contributed by atoms with Crippen molar-refractivity contribution in [1.82, 2.24) is 0 Å². The Kier molecular flexibility index (Phi) is 3.08. The van der Waals surface area contributed by atoms with Gasteiger partial charge >= 0.3 is 0 Å². The van der Waals surface area contributed by atoms with Gasteiger partial charge in [0.05, 0.1) is 4.90 Å². The lowest BCUT2D eigenvalue weighted by Crippen LogP contribution is -2.26. The molecule has 1 unspecified atom stereocenters. The zero-order valence-corrected chi connectivity index (χ0v) is 10.9. The molecule has 0 spiro atoms. The van der Waals surface area contributed by atoms with E-state index in [1.807, 2.05) is 13.0 Å². The van der Waals surface area contributed by atoms with Gasteiger partial charge in [-0.1, -0.05) is 17.7 Å². The molecule has 1 fully saturated rings. The highest BCUT2D eigenvalue weighted by molar-refractivity contribution is 7.92. The van der Waals surface area contributed by atoms with E-state index in [4.69, 9.17) is 0 Å². The highest BCUT2D eigenvalue weighted by Crippen LogP contribution is 2.29. The third-order valence-corrected chi connectivity index (χ3v) is 5.58. The zero-order valence-electron chi connectivity index (χ0n) is 10.1. The van der Waals surface area contributed by atoms with Crippen molar-refractivity contribution in [2.24, 2.45) is 0 Å². The second-order valence-electron chi connectivity index (χ2n) is 4.66. The molecule has 0 amide bonds. The van der Waals surface area contributed by atoms with Crippen molar-refractivity contribution in [3.8, 4) is 0 Å². The van der Waals surface area contributed by atoms with E-state index in [9.17, 15) is 13.2 Å². The fourth-order valence-electron chi connectivity index (χ4n) is 2.38. The smallest absolute Gasteiger partial charge is 0.188 e. The van der Waals surface area contributed by atoms with Crippen LogP contribution in [0.3, 0.4) is 0 Å². The average molecular weight is 252 g/mol. The Morgan fingerprint density at radius 1 is 1.24 bits per heavy atom. The van der Waals surface area contributed by atoms with Crippen molar-refractivity contribution in [3.05, 3.63) is 29.3 Å². The first kappa shape index (κ1) is 12.3. The fourth-order valence-corrected chi connectivity index (χ4v) is 4.40. The highest BCUT2D eigenvalue weighted by atomic mass is 32.2. The topological polar surface area (TPSA) is 51.2 Å². The van der Waals surface area contributed by atoms with Gasteiger partial charge in [-0.3, -0.25) is 4.79 Å². The van der Waals surface area contributed by atoms with Gasteiger partial charge in [-0.2, -0.15) is 0 Å². The number of aryl methyl sites for hydroxylation is 2. The molecule has 0 bridgehead atoms. The fraction of sp³-hybridized carbons (Fsp3) is 0.462. The molecule has 4 heteroatoms. The van der Waals surface area contributed by atoms with Crippen LogP contribution in [0.1, 0.15) is 30.4 Å². The summed E-state index contributed by atoms with van der Waals surface area (Å²) in [6.07, 6.45) is 1.55. The summed E-state index contributed by atoms with van der Waals surface area (Å²) in [5.41, 5.74) is 1.75. The summed E-state index contributed by atoms with van der Waals surface area (Å²) in [6.45, 7) is 3.70. The van der Waals surface area contributed by atoms with Crippen LogP contribution in [-0.4, -0.2) is 19.5 Å². The molecular formula is C13H16O3S. The first-order valence-electron chi connectivity index (χ1n) is 5.77. The number of benzene rings is 1. The Morgan fingerprint density at radius 3 is 2.47 bits per heavy atom. The van der Waals surface area contributed by atoms with Crippen LogP contribution >= 0.6 is 0 Å². The number of hydrogen-bond donors (Lipinski definition) is 0. The number of carbonyl (C=O) groups excluding carboxylic acids is 1. The van der Waals surface area contributed by atoms with E-state index in [1.54, 1.807) is 19.1 Å². The maximum Gasteiger partial charge on any atom is 0.188 e. The van der Waals surface area contributed by atoms with Gasteiger partial charge in [0, 0.05) is 6.42 Å². The number of Topliss-reactive ketones (excluding diaryl/α,β-unsaturated/α-hetero) is 1. The lowest BCUT2D eigenvalue weighted by Gasteiger charge is -2.12. The van der Waals surface area contributed by atoms with Crippen molar-refractivity contribution < 1.29 is 13.2 Å². The van der Waals surface area contributed by atoms with Gasteiger partial charge < -0.3 is 0 Å². The molecule has 92 valence electrons. The van der Waals surface area contributed by atoms with Crippen LogP contribution < -0.4 is 0 Å². The van der Waals surface area contributed by atoms with Gasteiger partial charge in [-0.25, -0.2) is 8.42 Å². The van der Waals surface area contributed by atoms with Crippen LogP contribution in [0.2, 0.25) is 0 Å². The molecule has 17 heavy (non-hydrogen) atoms. The molecule has 1 atom stereocenters. The van der Waals surface area contributed by atoms with E-state index in [1.165, 1.54) is 0 Å². The molecule has 0 N–H and O–H groups in total. The average Bonchev–Trinajstić information content (AvgIpc) is 2.64. The van der Waals surface area contributed by atoms with E-state index in [0.29, 0.717) is 24.2 Å². The first-order chi connectivity index (χ1) is 7.93. The summed E-state index contributed by atoms with van der Waals surface area (Å²) in [5, 5.41) is -0.816. The van der Waals surface area contributed by atoms with Crippen LogP contribution in [0, 0.1) is 13.8 Å². The van der Waals surface area contributed by atoms with E-state index < -0.39 is 15.1 Å². The Balaban J connectivity index is 2.48. The summed E-state index contributed by atoms with van der Waals surface area (Å²) in [5.74, 6) is -0.134. The Morgan fingerprint density at radius 2 is 1.94 bits per heavy atom. The predicted octanol–water partition coefficient (Wildman–Crippen LogP) is 2.20. The van der Waals surface area contributed by atoms with Gasteiger partial charge in [-0.05, 0) is 38.3 Å². The summed E-state index contributed by atoms with van der Waals surface area (Å²) >= 11 is 0. The zero-order chi connectivity index (χ0) is 12.6. The second-order valence-corrected chi connectivity index (χ2v) is 6.76. The van der Waals surface area contributed by atoms with E-state index in [2.05, 4.69) is 0 Å². The third kappa shape index (κ3) is 2.14. The monoisotopic (exact) mass is 252 g/mol. The molecular weight excluding hydrogens is 236 g/mol. The molecule has 0 radical (unpaired) electrons. The molecule has 2 rings (SSSR count). The van der Waals surface area contributed by atoms with Gasteiger partial charge in [-0.15, -0.1) is 0 Å². The van der Waals surface area contributed by atoms with Crippen molar-refractivity contribution in [3.63, 3.8) is 0 Å². The molecule has 1 aromatic rings. The van der Waals surface area contributed by atoms with E-state index in [-0.39, 0.29) is 5.78 Å². The molecule has 1 aliphatic rings. The predicted molar refractivity (Wildman–Crippen MR) is 65.7 cm³/mol. The second kappa shape index (κ2) is 4.26. The first-order valence-corrected chi connectivity index (χ1v) is 7.31. The maximum atomic E-state index is 12.4. The quantitative estimate of drug-likeness (QED) is 0.810. The van der Waals surface area contributed by atoms with Crippen molar-refractivity contribution in [2.45, 2.75) is 43.3 Å². The molecule has 0 saturated heterocycles. The summed E-state index contributed by atoms with van der Waals surface area (Å²) in [6, 6.07) is 5.23. The number of ketones is 1. The van der Waals surface area contributed by atoms with Gasteiger partial charge in [0.25, 0.3) is 0 Å². The van der Waals surface area contributed by atoms with Gasteiger partial charge in [0.2, 0.25) is 0 Å². The lowest BCUT2D eigenvalue weighted by molar-refractivity contribution is -0.117. The molecule has 1 aliphatic carbocycles. The van der Waals surface area contributed by atoms with Gasteiger partial charge in [0.1, 0.15) is 5.25 Å². The van der Waals surface area contributed by atoms with Crippen molar-refractivity contribution in [2.75, 3.05) is 0 Å². The summed E-state index contributed by atoms with van der Waals surface area (Å²) in [4.78, 5) is 11.9. The number of sulfone groups is 1. The number of hydrogen-bond acceptors (Lipinski definition) is 3. The van der Waals surface area contributed by atoms with E-state index in [0.717, 1.165) is 11.1 Å². The maximum absolute atomic E-state index is 12.4. The number of rotatable bonds is 2. The lowest BCUT2D eigenvalue weighted by atomic mass is 10.2. The number of carbonyl (C=O) groups is 1. The minimum Gasteiger partial charge on any atom is -0.298 e. The Bertz CT molecular complexity index is 558. The summed E-state index contributed by atoms with van der Waals surface area (Å²) in [7, 11) is -3.48. The van der Waals surface area contributed by atoms with Crippen LogP contribution in [0.5, 0.6) is 0 Å². The molecule has 0 aliphatic heterocycles. The molecule has 0 heterocycles. The van der Waals surface area contributed by atoms with Crippen molar-refractivity contribution in [1.29, 1.82) is 0 Å². The van der Waals surface area contributed by atoms with E-state index >= 15 is 0 Å². The Labute approximate surface area is 102 Å². The molecule has 0 aromatic heterocycles. The van der Waals surface area contributed by atoms with Crippen molar-refractivity contribution >= 4 is 15.6 Å². The van der Waals surface area contributed by atoms with Crippen LogP contribution in [0.4, 0.5) is 0 Å². The van der Waals surface area contributed by atoms with Crippen LogP contribution in [-0.2, 0) is 14.6 Å². The minimum atomic E-state index is -3.48. The van der Waals surface area contributed by atoms with Crippen LogP contribution in [0.25, 0.3) is 0 Å². The normalized spacial score (nSPS) is 20.8. The molecule has 3 nitrogen and oxygen atoms in total. The largest absolute Gasteiger partial charge is 0.298 e. The SMILES string of the molecule is Cc1ccc(S(=O)(=O)C2CCCC2=O)c(C)c1. The van der Waals surface area contributed by atoms with Crippen LogP contribution in [0.15, 0.2) is 23.1 Å². The third-order valence-electron chi connectivity index (χ3n) is 3.26.